The van der Waals surface area contributed by atoms with E-state index in [0.717, 1.165) is 25.2 Å². The van der Waals surface area contributed by atoms with Crippen LogP contribution in [0.3, 0.4) is 0 Å². The molecular formula is C21H25N7O2S. The molecule has 0 unspecified atom stereocenters. The zero-order valence-electron chi connectivity index (χ0n) is 17.8. The lowest BCUT2D eigenvalue weighted by molar-refractivity contribution is 0.0985. The molecule has 0 bridgehead atoms. The molecule has 5 rings (SSSR count). The van der Waals surface area contributed by atoms with Gasteiger partial charge in [0.1, 0.15) is 11.5 Å². The molecule has 0 radical (unpaired) electrons. The molecule has 0 spiro atoms. The quantitative estimate of drug-likeness (QED) is 0.629. The number of pyridine rings is 1. The highest BCUT2D eigenvalue weighted by Gasteiger charge is 2.25. The van der Waals surface area contributed by atoms with E-state index in [1.807, 2.05) is 12.1 Å². The number of anilines is 1. The number of fused-ring (bicyclic) bond motifs is 1. The second-order valence-electron chi connectivity index (χ2n) is 8.33. The van der Waals surface area contributed by atoms with Crippen LogP contribution in [-0.2, 0) is 14.5 Å². The summed E-state index contributed by atoms with van der Waals surface area (Å²) < 4.78 is 24.6. The zero-order chi connectivity index (χ0) is 21.6. The topological polar surface area (TPSA) is 101 Å². The van der Waals surface area contributed by atoms with Crippen LogP contribution in [0.5, 0.6) is 0 Å². The molecule has 10 heteroatoms. The predicted molar refractivity (Wildman–Crippen MR) is 120 cm³/mol. The Labute approximate surface area is 181 Å². The largest absolute Gasteiger partial charge is 0.377 e. The number of hydrogen-bond donors (Lipinski definition) is 1. The fourth-order valence-electron chi connectivity index (χ4n) is 3.63. The van der Waals surface area contributed by atoms with Crippen molar-refractivity contribution in [2.75, 3.05) is 37.2 Å². The molecule has 31 heavy (non-hydrogen) atoms. The molecule has 1 atom stereocenters. The van der Waals surface area contributed by atoms with Crippen LogP contribution in [0.4, 0.5) is 11.5 Å². The van der Waals surface area contributed by atoms with Crippen LogP contribution in [0.1, 0.15) is 25.5 Å². The van der Waals surface area contributed by atoms with Gasteiger partial charge in [-0.15, -0.1) is 0 Å². The Hall–Kier alpha value is -2.90. The van der Waals surface area contributed by atoms with Gasteiger partial charge in [0.15, 0.2) is 11.5 Å². The minimum atomic E-state index is -2.41. The molecule has 1 aliphatic heterocycles. The van der Waals surface area contributed by atoms with Crippen molar-refractivity contribution in [3.05, 3.63) is 24.0 Å². The first kappa shape index (κ1) is 20.0. The summed E-state index contributed by atoms with van der Waals surface area (Å²) in [7, 11) is -2.41. The van der Waals surface area contributed by atoms with E-state index in [4.69, 9.17) is 14.8 Å². The Morgan fingerprint density at radius 3 is 2.87 bits per heavy atom. The maximum atomic E-state index is 12.7. The summed E-state index contributed by atoms with van der Waals surface area (Å²) in [5, 5.41) is 12.5. The summed E-state index contributed by atoms with van der Waals surface area (Å²) >= 11 is 0. The Kier molecular flexibility index (Phi) is 4.95. The number of nitrogens with zero attached hydrogens (tertiary/aromatic N) is 6. The average Bonchev–Trinajstić information content (AvgIpc) is 3.24. The third kappa shape index (κ3) is 4.16. The van der Waals surface area contributed by atoms with Crippen LogP contribution >= 0.6 is 0 Å². The van der Waals surface area contributed by atoms with E-state index >= 15 is 0 Å². The Morgan fingerprint density at radius 2 is 2.19 bits per heavy atom. The van der Waals surface area contributed by atoms with Crippen molar-refractivity contribution < 1.29 is 8.95 Å². The van der Waals surface area contributed by atoms with Crippen molar-refractivity contribution in [2.45, 2.75) is 25.8 Å². The van der Waals surface area contributed by atoms with E-state index < -0.39 is 9.73 Å². The van der Waals surface area contributed by atoms with E-state index in [9.17, 15) is 4.21 Å². The molecule has 4 heterocycles. The second kappa shape index (κ2) is 7.66. The Bertz CT molecular complexity index is 1300. The lowest BCUT2D eigenvalue weighted by Crippen LogP contribution is -2.44. The molecule has 3 aromatic rings. The monoisotopic (exact) mass is 439 g/mol. The first-order chi connectivity index (χ1) is 14.9. The van der Waals surface area contributed by atoms with Crippen LogP contribution in [0.2, 0.25) is 0 Å². The number of aromatic nitrogens is 5. The molecule has 1 aliphatic carbocycles. The predicted octanol–water partition coefficient (Wildman–Crippen LogP) is 2.49. The van der Waals surface area contributed by atoms with Gasteiger partial charge in [-0.1, -0.05) is 5.92 Å². The van der Waals surface area contributed by atoms with Gasteiger partial charge in [-0.3, -0.25) is 5.10 Å². The number of H-pyrrole nitrogens is 1. The standard InChI is InChI=1S/C21H25N7O2S/c1-14-13-30-11-10-27(14)19-12-17(26-31(2,3)29)20-16(7-6-15-4-5-15)25-28(21(20)23-19)18-8-9-22-24-18/h8-9,12,14-15H,4-5,10-11,13H2,1-3H3,(H,22,24)/t14-/m1/s1. The lowest BCUT2D eigenvalue weighted by atomic mass is 10.2. The first-order valence-corrected chi connectivity index (χ1v) is 12.7. The summed E-state index contributed by atoms with van der Waals surface area (Å²) in [5.74, 6) is 8.37. The van der Waals surface area contributed by atoms with Gasteiger partial charge in [0.2, 0.25) is 0 Å². The van der Waals surface area contributed by atoms with Crippen LogP contribution in [-0.4, -0.2) is 67.5 Å². The summed E-state index contributed by atoms with van der Waals surface area (Å²) in [5.41, 5.74) is 1.80. The van der Waals surface area contributed by atoms with E-state index in [1.165, 1.54) is 0 Å². The lowest BCUT2D eigenvalue weighted by Gasteiger charge is -2.34. The minimum Gasteiger partial charge on any atom is -0.377 e. The number of ether oxygens (including phenoxy) is 1. The van der Waals surface area contributed by atoms with Gasteiger partial charge in [-0.2, -0.15) is 19.2 Å². The molecule has 3 aromatic heterocycles. The van der Waals surface area contributed by atoms with Crippen molar-refractivity contribution in [1.29, 1.82) is 0 Å². The Morgan fingerprint density at radius 1 is 1.35 bits per heavy atom. The van der Waals surface area contributed by atoms with E-state index in [2.05, 4.69) is 38.2 Å². The maximum Gasteiger partial charge on any atom is 0.170 e. The van der Waals surface area contributed by atoms with Crippen LogP contribution in [0.15, 0.2) is 22.7 Å². The maximum absolute atomic E-state index is 12.7. The molecule has 2 aliphatic rings. The van der Waals surface area contributed by atoms with Crippen molar-refractivity contribution >= 4 is 32.3 Å². The zero-order valence-corrected chi connectivity index (χ0v) is 18.6. The number of hydrogen-bond acceptors (Lipinski definition) is 7. The van der Waals surface area contributed by atoms with Gasteiger partial charge >= 0.3 is 0 Å². The van der Waals surface area contributed by atoms with E-state index in [1.54, 1.807) is 23.4 Å². The van der Waals surface area contributed by atoms with Crippen molar-refractivity contribution in [1.82, 2.24) is 25.0 Å². The molecule has 2 fully saturated rings. The summed E-state index contributed by atoms with van der Waals surface area (Å²) in [6.45, 7) is 4.08. The molecule has 1 saturated heterocycles. The number of morpholine rings is 1. The fraction of sp³-hybridized carbons (Fsp3) is 0.476. The molecule has 1 saturated carbocycles. The number of aromatic amines is 1. The van der Waals surface area contributed by atoms with Crippen LogP contribution in [0, 0.1) is 17.8 Å². The van der Waals surface area contributed by atoms with Crippen LogP contribution < -0.4 is 4.90 Å². The fourth-order valence-corrected chi connectivity index (χ4v) is 4.24. The van der Waals surface area contributed by atoms with E-state index in [0.29, 0.717) is 47.4 Å². The SMILES string of the molecule is C[C@@H]1COCCN1c1cc(N=S(C)(C)=O)c2c(C#CC3CC3)nn(-c3ccn[nH]3)c2n1. The summed E-state index contributed by atoms with van der Waals surface area (Å²) in [4.78, 5) is 7.15. The van der Waals surface area contributed by atoms with Crippen molar-refractivity contribution in [3.8, 4) is 17.7 Å². The first-order valence-electron chi connectivity index (χ1n) is 10.4. The molecule has 0 amide bonds. The third-order valence-corrected chi connectivity index (χ3v) is 5.91. The Balaban J connectivity index is 1.79. The average molecular weight is 440 g/mol. The molecular weight excluding hydrogens is 414 g/mol. The molecule has 1 N–H and O–H groups in total. The highest BCUT2D eigenvalue weighted by molar-refractivity contribution is 7.92. The van der Waals surface area contributed by atoms with Crippen LogP contribution in [0.25, 0.3) is 16.9 Å². The smallest absolute Gasteiger partial charge is 0.170 e. The number of nitrogens with one attached hydrogen (secondary N) is 1. The van der Waals surface area contributed by atoms with Gasteiger partial charge < -0.3 is 9.64 Å². The normalized spacial score (nSPS) is 19.3. The molecule has 9 nitrogen and oxygen atoms in total. The third-order valence-electron chi connectivity index (χ3n) is 5.27. The summed E-state index contributed by atoms with van der Waals surface area (Å²) in [6, 6.07) is 3.89. The van der Waals surface area contributed by atoms with Crippen molar-refractivity contribution in [3.63, 3.8) is 0 Å². The van der Waals surface area contributed by atoms with Gasteiger partial charge in [0.05, 0.1) is 36.5 Å². The number of rotatable bonds is 3. The highest BCUT2D eigenvalue weighted by atomic mass is 32.2. The van der Waals surface area contributed by atoms with Gasteiger partial charge in [-0.05, 0) is 25.7 Å². The highest BCUT2D eigenvalue weighted by Crippen LogP contribution is 2.35. The molecule has 0 aromatic carbocycles. The minimum absolute atomic E-state index is 0.164. The second-order valence-corrected chi connectivity index (χ2v) is 10.9. The van der Waals surface area contributed by atoms with Gasteiger partial charge in [0, 0.05) is 46.8 Å². The van der Waals surface area contributed by atoms with Gasteiger partial charge in [0.25, 0.3) is 0 Å². The summed E-state index contributed by atoms with van der Waals surface area (Å²) in [6.07, 6.45) is 7.18. The molecule has 162 valence electrons. The van der Waals surface area contributed by atoms with Crippen molar-refractivity contribution in [2.24, 2.45) is 10.3 Å². The van der Waals surface area contributed by atoms with Gasteiger partial charge in [-0.25, -0.2) is 9.19 Å². The van der Waals surface area contributed by atoms with E-state index in [-0.39, 0.29) is 6.04 Å².